The smallest absolute Gasteiger partial charge is 0.133 e. The van der Waals surface area contributed by atoms with Crippen molar-refractivity contribution in [2.45, 2.75) is 19.9 Å². The topological polar surface area (TPSA) is 29.5 Å². The van der Waals surface area contributed by atoms with E-state index in [1.54, 1.807) is 0 Å². The van der Waals surface area contributed by atoms with Crippen LogP contribution in [0.5, 0.6) is 5.75 Å². The third-order valence-electron chi connectivity index (χ3n) is 4.13. The number of hydrogen-bond donors (Lipinski definition) is 0. The van der Waals surface area contributed by atoms with Crippen molar-refractivity contribution < 1.29 is 9.53 Å². The summed E-state index contributed by atoms with van der Waals surface area (Å²) in [7, 11) is 0. The normalized spacial score (nSPS) is 14.4. The minimum Gasteiger partial charge on any atom is -0.494 e. The average Bonchev–Trinajstić information content (AvgIpc) is 2.56. The molecule has 0 fully saturated rings. The number of carbonyl (C=O) groups excluding carboxylic acids is 1. The standard InChI is InChI=1S/C19H21NO2/c1-2-22-19-7-5-15(6-8-19)16-3-4-18-14-20(11-12-21)10-9-17(18)13-16/h3-8,12-13H,2,9-11,14H2,1H3. The quantitative estimate of drug-likeness (QED) is 0.793. The Kier molecular flexibility index (Phi) is 4.54. The van der Waals surface area contributed by atoms with Crippen LogP contribution in [-0.2, 0) is 17.8 Å². The van der Waals surface area contributed by atoms with Gasteiger partial charge in [-0.1, -0.05) is 30.3 Å². The Bertz CT molecular complexity index is 649. The van der Waals surface area contributed by atoms with E-state index in [1.165, 1.54) is 22.3 Å². The van der Waals surface area contributed by atoms with Gasteiger partial charge >= 0.3 is 0 Å². The molecule has 1 heterocycles. The second kappa shape index (κ2) is 6.75. The Labute approximate surface area is 131 Å². The molecule has 0 saturated heterocycles. The molecule has 0 saturated carbocycles. The summed E-state index contributed by atoms with van der Waals surface area (Å²) < 4.78 is 5.49. The van der Waals surface area contributed by atoms with Gasteiger partial charge in [-0.25, -0.2) is 0 Å². The number of hydrogen-bond acceptors (Lipinski definition) is 3. The second-order valence-electron chi connectivity index (χ2n) is 5.59. The van der Waals surface area contributed by atoms with Crippen molar-refractivity contribution in [2.75, 3.05) is 19.7 Å². The number of ether oxygens (including phenoxy) is 1. The van der Waals surface area contributed by atoms with Crippen molar-refractivity contribution in [1.29, 1.82) is 0 Å². The van der Waals surface area contributed by atoms with Crippen molar-refractivity contribution in [3.8, 4) is 16.9 Å². The molecule has 0 bridgehead atoms. The van der Waals surface area contributed by atoms with Gasteiger partial charge in [0, 0.05) is 13.1 Å². The Hall–Kier alpha value is -2.13. The van der Waals surface area contributed by atoms with Gasteiger partial charge < -0.3 is 9.53 Å². The highest BCUT2D eigenvalue weighted by atomic mass is 16.5. The number of nitrogens with zero attached hydrogens (tertiary/aromatic N) is 1. The number of benzene rings is 2. The number of aldehydes is 1. The summed E-state index contributed by atoms with van der Waals surface area (Å²) in [5.74, 6) is 0.911. The fraction of sp³-hybridized carbons (Fsp3) is 0.316. The molecule has 114 valence electrons. The highest BCUT2D eigenvalue weighted by Gasteiger charge is 2.16. The summed E-state index contributed by atoms with van der Waals surface area (Å²) >= 11 is 0. The van der Waals surface area contributed by atoms with E-state index in [0.29, 0.717) is 13.2 Å². The summed E-state index contributed by atoms with van der Waals surface area (Å²) in [4.78, 5) is 12.8. The van der Waals surface area contributed by atoms with Gasteiger partial charge in [-0.15, -0.1) is 0 Å². The molecule has 0 unspecified atom stereocenters. The van der Waals surface area contributed by atoms with Crippen LogP contribution in [0.1, 0.15) is 18.1 Å². The van der Waals surface area contributed by atoms with Crippen molar-refractivity contribution in [2.24, 2.45) is 0 Å². The number of carbonyl (C=O) groups is 1. The molecule has 0 aliphatic carbocycles. The monoisotopic (exact) mass is 295 g/mol. The lowest BCUT2D eigenvalue weighted by Gasteiger charge is -2.27. The molecule has 0 atom stereocenters. The molecule has 1 aliphatic heterocycles. The lowest BCUT2D eigenvalue weighted by atomic mass is 9.94. The summed E-state index contributed by atoms with van der Waals surface area (Å²) in [6.07, 6.45) is 1.99. The van der Waals surface area contributed by atoms with Crippen LogP contribution in [0.25, 0.3) is 11.1 Å². The van der Waals surface area contributed by atoms with Gasteiger partial charge in [-0.3, -0.25) is 4.90 Å². The van der Waals surface area contributed by atoms with Crippen LogP contribution in [0.2, 0.25) is 0 Å². The predicted molar refractivity (Wildman–Crippen MR) is 88.1 cm³/mol. The fourth-order valence-corrected chi connectivity index (χ4v) is 2.96. The SMILES string of the molecule is CCOc1ccc(-c2ccc3c(c2)CCN(CC=O)C3)cc1. The first-order valence-corrected chi connectivity index (χ1v) is 7.81. The van der Waals surface area contributed by atoms with Crippen LogP contribution in [0, 0.1) is 0 Å². The van der Waals surface area contributed by atoms with Crippen LogP contribution >= 0.6 is 0 Å². The molecule has 2 aromatic carbocycles. The van der Waals surface area contributed by atoms with E-state index in [-0.39, 0.29) is 0 Å². The minimum atomic E-state index is 0.528. The molecule has 0 amide bonds. The van der Waals surface area contributed by atoms with E-state index >= 15 is 0 Å². The van der Waals surface area contributed by atoms with Crippen LogP contribution in [0.4, 0.5) is 0 Å². The molecule has 0 spiro atoms. The third-order valence-corrected chi connectivity index (χ3v) is 4.13. The molecule has 3 heteroatoms. The second-order valence-corrected chi connectivity index (χ2v) is 5.59. The first-order valence-electron chi connectivity index (χ1n) is 7.81. The maximum absolute atomic E-state index is 10.6. The Morgan fingerprint density at radius 1 is 1.09 bits per heavy atom. The van der Waals surface area contributed by atoms with Crippen LogP contribution in [0.15, 0.2) is 42.5 Å². The molecular weight excluding hydrogens is 274 g/mol. The fourth-order valence-electron chi connectivity index (χ4n) is 2.96. The first kappa shape index (κ1) is 14.8. The Morgan fingerprint density at radius 2 is 1.86 bits per heavy atom. The van der Waals surface area contributed by atoms with E-state index in [1.807, 2.05) is 19.1 Å². The van der Waals surface area contributed by atoms with Gasteiger partial charge in [0.2, 0.25) is 0 Å². The molecule has 0 aromatic heterocycles. The highest BCUT2D eigenvalue weighted by Crippen LogP contribution is 2.27. The number of fused-ring (bicyclic) bond motifs is 1. The van der Waals surface area contributed by atoms with Gasteiger partial charge in [0.05, 0.1) is 13.2 Å². The summed E-state index contributed by atoms with van der Waals surface area (Å²) in [5.41, 5.74) is 5.18. The zero-order valence-electron chi connectivity index (χ0n) is 12.9. The zero-order valence-corrected chi connectivity index (χ0v) is 12.9. The maximum Gasteiger partial charge on any atom is 0.133 e. The lowest BCUT2D eigenvalue weighted by Crippen LogP contribution is -2.31. The van der Waals surface area contributed by atoms with Gasteiger partial charge in [-0.2, -0.15) is 0 Å². The van der Waals surface area contributed by atoms with E-state index in [2.05, 4.69) is 35.2 Å². The van der Waals surface area contributed by atoms with Gasteiger partial charge in [0.15, 0.2) is 0 Å². The summed E-state index contributed by atoms with van der Waals surface area (Å²) in [6.45, 7) is 5.04. The van der Waals surface area contributed by atoms with Crippen molar-refractivity contribution in [3.05, 3.63) is 53.6 Å². The predicted octanol–water partition coefficient (Wildman–Crippen LogP) is 3.31. The average molecular weight is 295 g/mol. The highest BCUT2D eigenvalue weighted by molar-refractivity contribution is 5.66. The van der Waals surface area contributed by atoms with Crippen molar-refractivity contribution >= 4 is 6.29 Å². The minimum absolute atomic E-state index is 0.528. The molecule has 3 rings (SSSR count). The summed E-state index contributed by atoms with van der Waals surface area (Å²) in [6, 6.07) is 14.9. The molecule has 2 aromatic rings. The van der Waals surface area contributed by atoms with Crippen molar-refractivity contribution in [3.63, 3.8) is 0 Å². The van der Waals surface area contributed by atoms with Crippen LogP contribution in [-0.4, -0.2) is 30.9 Å². The maximum atomic E-state index is 10.6. The molecular formula is C19H21NO2. The van der Waals surface area contributed by atoms with Crippen LogP contribution in [0.3, 0.4) is 0 Å². The Balaban J connectivity index is 1.80. The van der Waals surface area contributed by atoms with Gasteiger partial charge in [0.1, 0.15) is 12.0 Å². The number of rotatable bonds is 5. The molecule has 22 heavy (non-hydrogen) atoms. The molecule has 0 N–H and O–H groups in total. The lowest BCUT2D eigenvalue weighted by molar-refractivity contribution is -0.109. The molecule has 1 aliphatic rings. The third kappa shape index (κ3) is 3.20. The van der Waals surface area contributed by atoms with Gasteiger partial charge in [0.25, 0.3) is 0 Å². The molecule has 3 nitrogen and oxygen atoms in total. The van der Waals surface area contributed by atoms with E-state index in [4.69, 9.17) is 4.74 Å². The zero-order chi connectivity index (χ0) is 15.4. The largest absolute Gasteiger partial charge is 0.494 e. The summed E-state index contributed by atoms with van der Waals surface area (Å²) in [5, 5.41) is 0. The van der Waals surface area contributed by atoms with E-state index in [0.717, 1.165) is 31.5 Å². The van der Waals surface area contributed by atoms with E-state index < -0.39 is 0 Å². The Morgan fingerprint density at radius 3 is 2.59 bits per heavy atom. The van der Waals surface area contributed by atoms with Crippen molar-refractivity contribution in [1.82, 2.24) is 4.90 Å². The van der Waals surface area contributed by atoms with Crippen LogP contribution < -0.4 is 4.74 Å². The van der Waals surface area contributed by atoms with Gasteiger partial charge in [-0.05, 0) is 47.7 Å². The molecule has 0 radical (unpaired) electrons. The first-order chi connectivity index (χ1) is 10.8. The van der Waals surface area contributed by atoms with E-state index in [9.17, 15) is 4.79 Å².